The van der Waals surface area contributed by atoms with Gasteiger partial charge in [-0.05, 0) is 56.9 Å². The Morgan fingerprint density at radius 1 is 1.25 bits per heavy atom. The number of allylic oxidation sites excluding steroid dienone is 1. The summed E-state index contributed by atoms with van der Waals surface area (Å²) in [6.45, 7) is 11.2. The molecule has 1 aliphatic rings. The highest BCUT2D eigenvalue weighted by Crippen LogP contribution is 2.38. The maximum Gasteiger partial charge on any atom is 0.0531 e. The van der Waals surface area contributed by atoms with Crippen molar-refractivity contribution in [3.05, 3.63) is 29.8 Å². The zero-order valence-electron chi connectivity index (χ0n) is 13.5. The molecule has 2 rings (SSSR count). The monoisotopic (exact) mass is 272 g/mol. The molecule has 0 fully saturated rings. The topological polar surface area (TPSA) is 24.1 Å². The van der Waals surface area contributed by atoms with Crippen molar-refractivity contribution in [1.82, 2.24) is 0 Å². The summed E-state index contributed by atoms with van der Waals surface area (Å²) in [5.74, 6) is 0. The number of hydrogen-bond acceptors (Lipinski definition) is 2. The summed E-state index contributed by atoms with van der Waals surface area (Å²) in [6, 6.07) is 7.21. The SMILES string of the molecule is CCC1=CC(C)(CC)Nc2ccc(NC(C)CC)cc21. The lowest BCUT2D eigenvalue weighted by Gasteiger charge is -2.35. The average Bonchev–Trinajstić information content (AvgIpc) is 2.46. The van der Waals surface area contributed by atoms with Gasteiger partial charge in [0, 0.05) is 23.0 Å². The smallest absolute Gasteiger partial charge is 0.0531 e. The van der Waals surface area contributed by atoms with Crippen LogP contribution in [0.4, 0.5) is 11.4 Å². The van der Waals surface area contributed by atoms with Gasteiger partial charge in [-0.3, -0.25) is 0 Å². The van der Waals surface area contributed by atoms with Crippen LogP contribution in [0.3, 0.4) is 0 Å². The van der Waals surface area contributed by atoms with Gasteiger partial charge in [0.2, 0.25) is 0 Å². The number of anilines is 2. The van der Waals surface area contributed by atoms with Crippen molar-refractivity contribution in [2.45, 2.75) is 65.5 Å². The van der Waals surface area contributed by atoms with E-state index in [0.717, 1.165) is 19.3 Å². The van der Waals surface area contributed by atoms with Crippen molar-refractivity contribution in [1.29, 1.82) is 0 Å². The van der Waals surface area contributed by atoms with Crippen LogP contribution in [-0.2, 0) is 0 Å². The van der Waals surface area contributed by atoms with E-state index in [9.17, 15) is 0 Å². The Kier molecular flexibility index (Phi) is 4.42. The van der Waals surface area contributed by atoms with Crippen molar-refractivity contribution in [2.75, 3.05) is 10.6 Å². The minimum absolute atomic E-state index is 0.0873. The fourth-order valence-electron chi connectivity index (χ4n) is 2.68. The fraction of sp³-hybridized carbons (Fsp3) is 0.556. The zero-order valence-corrected chi connectivity index (χ0v) is 13.5. The molecule has 20 heavy (non-hydrogen) atoms. The molecule has 0 saturated heterocycles. The Bertz CT molecular complexity index is 504. The summed E-state index contributed by atoms with van der Waals surface area (Å²) < 4.78 is 0. The van der Waals surface area contributed by atoms with Crippen LogP contribution in [-0.4, -0.2) is 11.6 Å². The lowest BCUT2D eigenvalue weighted by molar-refractivity contribution is 0.607. The van der Waals surface area contributed by atoms with E-state index in [1.54, 1.807) is 0 Å². The molecule has 1 aromatic carbocycles. The maximum atomic E-state index is 3.68. The zero-order chi connectivity index (χ0) is 14.8. The first-order chi connectivity index (χ1) is 9.51. The Morgan fingerprint density at radius 2 is 2.00 bits per heavy atom. The molecule has 2 nitrogen and oxygen atoms in total. The third kappa shape index (κ3) is 3.00. The van der Waals surface area contributed by atoms with Crippen LogP contribution in [0.5, 0.6) is 0 Å². The van der Waals surface area contributed by atoms with E-state index in [0.29, 0.717) is 6.04 Å². The highest BCUT2D eigenvalue weighted by atomic mass is 15.0. The van der Waals surface area contributed by atoms with Crippen LogP contribution in [0.2, 0.25) is 0 Å². The summed E-state index contributed by atoms with van der Waals surface area (Å²) in [7, 11) is 0. The number of benzene rings is 1. The van der Waals surface area contributed by atoms with Crippen molar-refractivity contribution in [3.8, 4) is 0 Å². The predicted octanol–water partition coefficient (Wildman–Crippen LogP) is 5.28. The van der Waals surface area contributed by atoms with Crippen LogP contribution in [0, 0.1) is 0 Å². The average molecular weight is 272 g/mol. The predicted molar refractivity (Wildman–Crippen MR) is 90.4 cm³/mol. The van der Waals surface area contributed by atoms with Gasteiger partial charge >= 0.3 is 0 Å². The Labute approximate surface area is 123 Å². The number of rotatable bonds is 5. The highest BCUT2D eigenvalue weighted by Gasteiger charge is 2.26. The molecular weight excluding hydrogens is 244 g/mol. The quantitative estimate of drug-likeness (QED) is 0.761. The van der Waals surface area contributed by atoms with Crippen LogP contribution >= 0.6 is 0 Å². The van der Waals surface area contributed by atoms with Gasteiger partial charge in [-0.1, -0.05) is 26.8 Å². The van der Waals surface area contributed by atoms with E-state index >= 15 is 0 Å². The molecule has 1 aromatic rings. The van der Waals surface area contributed by atoms with E-state index in [2.05, 4.69) is 69.5 Å². The van der Waals surface area contributed by atoms with Crippen LogP contribution in [0.25, 0.3) is 5.57 Å². The summed E-state index contributed by atoms with van der Waals surface area (Å²) in [5.41, 5.74) is 5.38. The van der Waals surface area contributed by atoms with Gasteiger partial charge in [-0.2, -0.15) is 0 Å². The van der Waals surface area contributed by atoms with E-state index < -0.39 is 0 Å². The molecule has 0 bridgehead atoms. The van der Waals surface area contributed by atoms with Gasteiger partial charge in [-0.15, -0.1) is 0 Å². The standard InChI is InChI=1S/C18H28N2/c1-6-13(4)19-15-9-10-17-16(11-15)14(7-2)12-18(5,8-3)20-17/h9-13,19-20H,6-8H2,1-5H3. The molecule has 110 valence electrons. The van der Waals surface area contributed by atoms with Crippen LogP contribution in [0.15, 0.2) is 24.3 Å². The Morgan fingerprint density at radius 3 is 2.60 bits per heavy atom. The minimum Gasteiger partial charge on any atom is -0.383 e. The third-order valence-electron chi connectivity index (χ3n) is 4.42. The first-order valence-electron chi connectivity index (χ1n) is 7.92. The molecule has 2 unspecified atom stereocenters. The van der Waals surface area contributed by atoms with Gasteiger partial charge in [0.1, 0.15) is 0 Å². The molecule has 1 heterocycles. The van der Waals surface area contributed by atoms with Gasteiger partial charge in [0.15, 0.2) is 0 Å². The molecule has 1 aliphatic heterocycles. The number of hydrogen-bond donors (Lipinski definition) is 2. The van der Waals surface area contributed by atoms with E-state index in [1.165, 1.54) is 22.5 Å². The molecule has 0 aromatic heterocycles. The number of nitrogens with one attached hydrogen (secondary N) is 2. The largest absolute Gasteiger partial charge is 0.383 e. The molecule has 0 radical (unpaired) electrons. The van der Waals surface area contributed by atoms with E-state index in [4.69, 9.17) is 0 Å². The second-order valence-corrected chi connectivity index (χ2v) is 6.13. The summed E-state index contributed by atoms with van der Waals surface area (Å²) in [4.78, 5) is 0. The number of fused-ring (bicyclic) bond motifs is 1. The van der Waals surface area contributed by atoms with Crippen molar-refractivity contribution in [3.63, 3.8) is 0 Å². The van der Waals surface area contributed by atoms with Gasteiger partial charge in [-0.25, -0.2) is 0 Å². The van der Waals surface area contributed by atoms with Gasteiger partial charge in [0.25, 0.3) is 0 Å². The molecule has 0 saturated carbocycles. The van der Waals surface area contributed by atoms with Gasteiger partial charge < -0.3 is 10.6 Å². The second kappa shape index (κ2) is 5.90. The van der Waals surface area contributed by atoms with Crippen molar-refractivity contribution < 1.29 is 0 Å². The normalized spacial score (nSPS) is 22.6. The molecule has 0 spiro atoms. The fourth-order valence-corrected chi connectivity index (χ4v) is 2.68. The summed E-state index contributed by atoms with van der Waals surface area (Å²) in [5, 5.41) is 7.24. The summed E-state index contributed by atoms with van der Waals surface area (Å²) in [6.07, 6.45) is 5.72. The minimum atomic E-state index is 0.0873. The first kappa shape index (κ1) is 15.0. The first-order valence-corrected chi connectivity index (χ1v) is 7.92. The van der Waals surface area contributed by atoms with E-state index in [-0.39, 0.29) is 5.54 Å². The summed E-state index contributed by atoms with van der Waals surface area (Å²) >= 11 is 0. The molecule has 0 amide bonds. The third-order valence-corrected chi connectivity index (χ3v) is 4.42. The van der Waals surface area contributed by atoms with Gasteiger partial charge in [0.05, 0.1) is 5.54 Å². The van der Waals surface area contributed by atoms with Crippen LogP contribution in [0.1, 0.15) is 59.4 Å². The van der Waals surface area contributed by atoms with Crippen molar-refractivity contribution in [2.24, 2.45) is 0 Å². The molecule has 2 N–H and O–H groups in total. The molecule has 2 heteroatoms. The lowest BCUT2D eigenvalue weighted by Crippen LogP contribution is -2.34. The molecular formula is C18H28N2. The Hall–Kier alpha value is -1.44. The molecule has 2 atom stereocenters. The Balaban J connectivity index is 2.35. The van der Waals surface area contributed by atoms with Crippen LogP contribution < -0.4 is 10.6 Å². The molecule has 0 aliphatic carbocycles. The van der Waals surface area contributed by atoms with E-state index in [1.807, 2.05) is 0 Å². The maximum absolute atomic E-state index is 3.68. The lowest BCUT2D eigenvalue weighted by atomic mass is 9.86. The van der Waals surface area contributed by atoms with Crippen molar-refractivity contribution >= 4 is 16.9 Å². The highest BCUT2D eigenvalue weighted by molar-refractivity contribution is 5.83. The second-order valence-electron chi connectivity index (χ2n) is 6.13.